The number of amides is 1. The van der Waals surface area contributed by atoms with Gasteiger partial charge in [0.25, 0.3) is 5.91 Å². The highest BCUT2D eigenvalue weighted by Crippen LogP contribution is 2.37. The zero-order valence-electron chi connectivity index (χ0n) is 14.8. The van der Waals surface area contributed by atoms with E-state index in [1.165, 1.54) is 18.2 Å². The summed E-state index contributed by atoms with van der Waals surface area (Å²) < 4.78 is 44.7. The van der Waals surface area contributed by atoms with E-state index in [0.717, 1.165) is 22.9 Å². The lowest BCUT2D eigenvalue weighted by molar-refractivity contribution is -0.137. The van der Waals surface area contributed by atoms with Crippen molar-refractivity contribution in [3.8, 4) is 11.3 Å². The number of benzene rings is 3. The molecule has 0 atom stereocenters. The Bertz CT molecular complexity index is 1210. The van der Waals surface area contributed by atoms with Gasteiger partial charge in [-0.2, -0.15) is 13.2 Å². The van der Waals surface area contributed by atoms with E-state index in [-0.39, 0.29) is 17.1 Å². The van der Waals surface area contributed by atoms with Crippen molar-refractivity contribution >= 4 is 34.0 Å². The highest BCUT2D eigenvalue weighted by Gasteiger charge is 2.33. The molecule has 0 saturated carbocycles. The molecule has 7 heteroatoms. The van der Waals surface area contributed by atoms with Gasteiger partial charge in [0.15, 0.2) is 5.76 Å². The van der Waals surface area contributed by atoms with Gasteiger partial charge in [0.05, 0.1) is 10.6 Å². The fourth-order valence-electron chi connectivity index (χ4n) is 3.03. The number of fused-ring (bicyclic) bond motifs is 1. The van der Waals surface area contributed by atoms with Gasteiger partial charge in [-0.15, -0.1) is 0 Å². The second-order valence-corrected chi connectivity index (χ2v) is 6.74. The first-order chi connectivity index (χ1) is 13.8. The van der Waals surface area contributed by atoms with Gasteiger partial charge >= 0.3 is 6.18 Å². The predicted octanol–water partition coefficient (Wildman–Crippen LogP) is 7.02. The normalized spacial score (nSPS) is 11.6. The lowest BCUT2D eigenvalue weighted by Crippen LogP contribution is -2.11. The van der Waals surface area contributed by atoms with Crippen LogP contribution in [0.15, 0.2) is 77.2 Å². The van der Waals surface area contributed by atoms with Crippen LogP contribution in [0.2, 0.25) is 5.02 Å². The third-order valence-electron chi connectivity index (χ3n) is 4.42. The maximum Gasteiger partial charge on any atom is 0.417 e. The van der Waals surface area contributed by atoms with Crippen molar-refractivity contribution in [2.45, 2.75) is 6.18 Å². The number of carbonyl (C=O) groups excluding carboxylic acids is 1. The third kappa shape index (κ3) is 3.84. The minimum absolute atomic E-state index is 0.0172. The first-order valence-electron chi connectivity index (χ1n) is 8.59. The van der Waals surface area contributed by atoms with Gasteiger partial charge in [-0.05, 0) is 41.8 Å². The summed E-state index contributed by atoms with van der Waals surface area (Å²) in [5.74, 6) is -0.385. The molecule has 0 unspecified atom stereocenters. The number of furan rings is 1. The summed E-state index contributed by atoms with van der Waals surface area (Å²) in [7, 11) is 0. The van der Waals surface area contributed by atoms with Crippen LogP contribution in [0.25, 0.3) is 22.1 Å². The standard InChI is InChI=1S/C22H13ClF3NO2/c23-17-9-8-14(12-16(17)22(24,25)26)19-10-11-20(29-19)21(28)27-18-7-3-5-13-4-1-2-6-15(13)18/h1-12H,(H,27,28). The average Bonchev–Trinajstić information content (AvgIpc) is 3.18. The highest BCUT2D eigenvalue weighted by molar-refractivity contribution is 6.31. The van der Waals surface area contributed by atoms with Gasteiger partial charge in [0.1, 0.15) is 5.76 Å². The minimum atomic E-state index is -4.59. The van der Waals surface area contributed by atoms with Crippen molar-refractivity contribution in [3.63, 3.8) is 0 Å². The van der Waals surface area contributed by atoms with E-state index < -0.39 is 22.7 Å². The lowest BCUT2D eigenvalue weighted by atomic mass is 10.1. The monoisotopic (exact) mass is 415 g/mol. The quantitative estimate of drug-likeness (QED) is 0.390. The number of alkyl halides is 3. The van der Waals surface area contributed by atoms with Crippen molar-refractivity contribution in [3.05, 3.63) is 89.1 Å². The molecule has 1 aromatic heterocycles. The Kier molecular flexibility index (Phi) is 4.80. The zero-order valence-corrected chi connectivity index (χ0v) is 15.5. The molecule has 3 nitrogen and oxygen atoms in total. The molecule has 1 N–H and O–H groups in total. The van der Waals surface area contributed by atoms with Crippen LogP contribution in [-0.4, -0.2) is 5.91 Å². The minimum Gasteiger partial charge on any atom is -0.451 e. The number of rotatable bonds is 3. The number of nitrogens with one attached hydrogen (secondary N) is 1. The number of halogens is 4. The molecular weight excluding hydrogens is 403 g/mol. The molecule has 29 heavy (non-hydrogen) atoms. The van der Waals surface area contributed by atoms with Crippen LogP contribution in [0.5, 0.6) is 0 Å². The molecule has 1 amide bonds. The van der Waals surface area contributed by atoms with Gasteiger partial charge < -0.3 is 9.73 Å². The number of hydrogen-bond acceptors (Lipinski definition) is 2. The summed E-state index contributed by atoms with van der Waals surface area (Å²) in [6.07, 6.45) is -4.59. The van der Waals surface area contributed by atoms with Crippen molar-refractivity contribution in [1.82, 2.24) is 0 Å². The number of hydrogen-bond donors (Lipinski definition) is 1. The third-order valence-corrected chi connectivity index (χ3v) is 4.75. The fourth-order valence-corrected chi connectivity index (χ4v) is 3.25. The van der Waals surface area contributed by atoms with Gasteiger partial charge in [-0.3, -0.25) is 4.79 Å². The van der Waals surface area contributed by atoms with Gasteiger partial charge in [-0.1, -0.05) is 48.0 Å². The predicted molar refractivity (Wildman–Crippen MR) is 106 cm³/mol. The van der Waals surface area contributed by atoms with E-state index in [9.17, 15) is 18.0 Å². The fraction of sp³-hybridized carbons (Fsp3) is 0.0455. The summed E-state index contributed by atoms with van der Waals surface area (Å²) in [6.45, 7) is 0. The van der Waals surface area contributed by atoms with Crippen LogP contribution < -0.4 is 5.32 Å². The van der Waals surface area contributed by atoms with E-state index >= 15 is 0 Å². The van der Waals surface area contributed by atoms with E-state index in [0.29, 0.717) is 5.69 Å². The van der Waals surface area contributed by atoms with Crippen LogP contribution in [0.1, 0.15) is 16.1 Å². The summed E-state index contributed by atoms with van der Waals surface area (Å²) in [5, 5.41) is 4.20. The lowest BCUT2D eigenvalue weighted by Gasteiger charge is -2.10. The van der Waals surface area contributed by atoms with Crippen LogP contribution in [0, 0.1) is 0 Å². The Morgan fingerprint density at radius 3 is 2.48 bits per heavy atom. The Morgan fingerprint density at radius 2 is 1.69 bits per heavy atom. The van der Waals surface area contributed by atoms with Gasteiger partial charge in [0, 0.05) is 16.6 Å². The molecule has 1 heterocycles. The van der Waals surface area contributed by atoms with Crippen LogP contribution >= 0.6 is 11.6 Å². The molecule has 4 rings (SSSR count). The van der Waals surface area contributed by atoms with E-state index in [1.807, 2.05) is 36.4 Å². The summed E-state index contributed by atoms with van der Waals surface area (Å²) in [6, 6.07) is 19.4. The molecule has 0 spiro atoms. The van der Waals surface area contributed by atoms with Crippen LogP contribution in [-0.2, 0) is 6.18 Å². The summed E-state index contributed by atoms with van der Waals surface area (Å²) >= 11 is 5.65. The summed E-state index contributed by atoms with van der Waals surface area (Å²) in [4.78, 5) is 12.6. The molecule has 0 fully saturated rings. The molecule has 0 bridgehead atoms. The van der Waals surface area contributed by atoms with E-state index in [1.54, 1.807) is 6.07 Å². The molecule has 146 valence electrons. The average molecular weight is 416 g/mol. The SMILES string of the molecule is O=C(Nc1cccc2ccccc12)c1ccc(-c2ccc(Cl)c(C(F)(F)F)c2)o1. The molecule has 3 aromatic carbocycles. The second-order valence-electron chi connectivity index (χ2n) is 6.34. The second kappa shape index (κ2) is 7.29. The van der Waals surface area contributed by atoms with Gasteiger partial charge in [0.2, 0.25) is 0 Å². The molecule has 4 aromatic rings. The Labute approximate surface area is 168 Å². The Balaban J connectivity index is 1.62. The maximum absolute atomic E-state index is 13.1. The van der Waals surface area contributed by atoms with Crippen LogP contribution in [0.4, 0.5) is 18.9 Å². The largest absolute Gasteiger partial charge is 0.451 e. The number of carbonyl (C=O) groups is 1. The first-order valence-corrected chi connectivity index (χ1v) is 8.97. The van der Waals surface area contributed by atoms with Crippen molar-refractivity contribution in [1.29, 1.82) is 0 Å². The van der Waals surface area contributed by atoms with Crippen molar-refractivity contribution in [2.75, 3.05) is 5.32 Å². The van der Waals surface area contributed by atoms with Gasteiger partial charge in [-0.25, -0.2) is 0 Å². The highest BCUT2D eigenvalue weighted by atomic mass is 35.5. The molecule has 0 aliphatic rings. The van der Waals surface area contributed by atoms with Crippen molar-refractivity contribution < 1.29 is 22.4 Å². The molecule has 0 radical (unpaired) electrons. The first kappa shape index (κ1) is 19.1. The van der Waals surface area contributed by atoms with E-state index in [2.05, 4.69) is 5.32 Å². The molecule has 0 saturated heterocycles. The maximum atomic E-state index is 13.1. The summed E-state index contributed by atoms with van der Waals surface area (Å²) in [5.41, 5.74) is -0.183. The van der Waals surface area contributed by atoms with Crippen LogP contribution in [0.3, 0.4) is 0 Å². The Morgan fingerprint density at radius 1 is 0.931 bits per heavy atom. The van der Waals surface area contributed by atoms with E-state index in [4.69, 9.17) is 16.0 Å². The van der Waals surface area contributed by atoms with Crippen molar-refractivity contribution in [2.24, 2.45) is 0 Å². The number of anilines is 1. The topological polar surface area (TPSA) is 42.2 Å². The zero-order chi connectivity index (χ0) is 20.6. The molecule has 0 aliphatic carbocycles. The molecule has 0 aliphatic heterocycles. The Hall–Kier alpha value is -3.25. The molecular formula is C22H13ClF3NO2. The smallest absolute Gasteiger partial charge is 0.417 e.